The summed E-state index contributed by atoms with van der Waals surface area (Å²) in [7, 11) is 1.28. The van der Waals surface area contributed by atoms with Crippen molar-refractivity contribution < 1.29 is 14.3 Å². The Morgan fingerprint density at radius 3 is 2.95 bits per heavy atom. The van der Waals surface area contributed by atoms with Gasteiger partial charge in [-0.1, -0.05) is 6.92 Å². The quantitative estimate of drug-likeness (QED) is 0.762. The highest BCUT2D eigenvalue weighted by Crippen LogP contribution is 2.17. The zero-order chi connectivity index (χ0) is 13.7. The monoisotopic (exact) mass is 262 g/mol. The van der Waals surface area contributed by atoms with E-state index in [1.807, 2.05) is 0 Å². The first-order chi connectivity index (χ1) is 9.22. The maximum absolute atomic E-state index is 11.3. The largest absolute Gasteiger partial charge is 0.464 e. The zero-order valence-electron chi connectivity index (χ0n) is 10.7. The minimum Gasteiger partial charge on any atom is -0.464 e. The lowest BCUT2D eigenvalue weighted by Gasteiger charge is -2.02. The van der Waals surface area contributed by atoms with Crippen molar-refractivity contribution in [2.45, 2.75) is 19.9 Å². The van der Waals surface area contributed by atoms with Gasteiger partial charge >= 0.3 is 5.97 Å². The van der Waals surface area contributed by atoms with E-state index in [4.69, 9.17) is 4.74 Å². The second-order valence-electron chi connectivity index (χ2n) is 3.78. The molecular formula is C12H14N4O3. The van der Waals surface area contributed by atoms with E-state index < -0.39 is 5.97 Å². The third-order valence-corrected chi connectivity index (χ3v) is 2.29. The fraction of sp³-hybridized carbons (Fsp3) is 0.333. The Hall–Kier alpha value is -2.44. The molecule has 0 bridgehead atoms. The molecule has 0 saturated carbocycles. The van der Waals surface area contributed by atoms with Gasteiger partial charge in [-0.3, -0.25) is 9.67 Å². The molecule has 0 aromatic carbocycles. The Labute approximate surface area is 110 Å². The molecule has 0 fully saturated rings. The molecule has 2 aromatic rings. The number of hydrogen-bond acceptors (Lipinski definition) is 6. The Morgan fingerprint density at radius 2 is 2.21 bits per heavy atom. The highest BCUT2D eigenvalue weighted by Gasteiger charge is 2.10. The number of aryl methyl sites for hydroxylation is 1. The molecule has 0 N–H and O–H groups in total. The Balaban J connectivity index is 2.11. The summed E-state index contributed by atoms with van der Waals surface area (Å²) in [5, 5.41) is 4.13. The highest BCUT2D eigenvalue weighted by molar-refractivity contribution is 5.86. The van der Waals surface area contributed by atoms with Crippen LogP contribution in [-0.4, -0.2) is 32.8 Å². The van der Waals surface area contributed by atoms with E-state index in [2.05, 4.69) is 26.7 Å². The van der Waals surface area contributed by atoms with Crippen LogP contribution in [0.5, 0.6) is 11.6 Å². The average molecular weight is 262 g/mol. The van der Waals surface area contributed by atoms with Gasteiger partial charge in [0.15, 0.2) is 11.4 Å². The molecule has 0 spiro atoms. The SMILES string of the molecule is CCCn1cc(Oc2cncc(C(=O)OC)n2)cn1. The van der Waals surface area contributed by atoms with Crippen LogP contribution >= 0.6 is 0 Å². The van der Waals surface area contributed by atoms with Crippen molar-refractivity contribution >= 4 is 5.97 Å². The minimum absolute atomic E-state index is 0.0981. The van der Waals surface area contributed by atoms with Gasteiger partial charge in [0.2, 0.25) is 5.88 Å². The summed E-state index contributed by atoms with van der Waals surface area (Å²) in [5.41, 5.74) is 0.0981. The van der Waals surface area contributed by atoms with Crippen molar-refractivity contribution in [2.24, 2.45) is 0 Å². The number of aromatic nitrogens is 4. The fourth-order valence-corrected chi connectivity index (χ4v) is 1.47. The number of nitrogens with zero attached hydrogens (tertiary/aromatic N) is 4. The van der Waals surface area contributed by atoms with Gasteiger partial charge in [-0.2, -0.15) is 5.10 Å². The van der Waals surface area contributed by atoms with Gasteiger partial charge in [0.1, 0.15) is 0 Å². The van der Waals surface area contributed by atoms with Crippen LogP contribution < -0.4 is 4.74 Å². The predicted octanol–water partition coefficient (Wildman–Crippen LogP) is 1.66. The number of esters is 1. The molecule has 0 atom stereocenters. The van der Waals surface area contributed by atoms with Crippen LogP contribution in [0.3, 0.4) is 0 Å². The molecule has 2 rings (SSSR count). The molecule has 7 nitrogen and oxygen atoms in total. The van der Waals surface area contributed by atoms with Crippen LogP contribution in [0, 0.1) is 0 Å². The number of methoxy groups -OCH3 is 1. The number of ether oxygens (including phenoxy) is 2. The van der Waals surface area contributed by atoms with E-state index in [1.165, 1.54) is 19.5 Å². The molecule has 2 aromatic heterocycles. The molecule has 7 heteroatoms. The molecule has 0 aliphatic rings. The molecule has 19 heavy (non-hydrogen) atoms. The molecule has 0 aliphatic heterocycles. The zero-order valence-corrected chi connectivity index (χ0v) is 10.7. The van der Waals surface area contributed by atoms with Gasteiger partial charge in [0.05, 0.1) is 31.9 Å². The lowest BCUT2D eigenvalue weighted by Crippen LogP contribution is -2.05. The first-order valence-electron chi connectivity index (χ1n) is 5.83. The van der Waals surface area contributed by atoms with E-state index in [0.717, 1.165) is 13.0 Å². The third-order valence-electron chi connectivity index (χ3n) is 2.29. The topological polar surface area (TPSA) is 79.1 Å². The Morgan fingerprint density at radius 1 is 1.37 bits per heavy atom. The predicted molar refractivity (Wildman–Crippen MR) is 66.0 cm³/mol. The van der Waals surface area contributed by atoms with Crippen molar-refractivity contribution in [3.8, 4) is 11.6 Å². The summed E-state index contributed by atoms with van der Waals surface area (Å²) in [4.78, 5) is 19.2. The van der Waals surface area contributed by atoms with Crippen LogP contribution in [0.4, 0.5) is 0 Å². The maximum Gasteiger partial charge on any atom is 0.358 e. The van der Waals surface area contributed by atoms with E-state index in [0.29, 0.717) is 5.75 Å². The van der Waals surface area contributed by atoms with Gasteiger partial charge < -0.3 is 9.47 Å². The van der Waals surface area contributed by atoms with Gasteiger partial charge in [0.25, 0.3) is 0 Å². The lowest BCUT2D eigenvalue weighted by molar-refractivity contribution is 0.0592. The normalized spacial score (nSPS) is 10.2. The van der Waals surface area contributed by atoms with Gasteiger partial charge in [0, 0.05) is 6.54 Å². The molecule has 2 heterocycles. The van der Waals surface area contributed by atoms with Crippen LogP contribution in [-0.2, 0) is 11.3 Å². The first-order valence-corrected chi connectivity index (χ1v) is 5.83. The number of carbonyl (C=O) groups excluding carboxylic acids is 1. The maximum atomic E-state index is 11.3. The van der Waals surface area contributed by atoms with Crippen LogP contribution in [0.25, 0.3) is 0 Å². The Bertz CT molecular complexity index is 568. The summed E-state index contributed by atoms with van der Waals surface area (Å²) in [6.07, 6.45) is 7.07. The molecule has 0 aliphatic carbocycles. The molecule has 0 amide bonds. The van der Waals surface area contributed by atoms with Crippen molar-refractivity contribution in [3.63, 3.8) is 0 Å². The smallest absolute Gasteiger partial charge is 0.358 e. The van der Waals surface area contributed by atoms with Gasteiger partial charge in [-0.25, -0.2) is 9.78 Å². The molecule has 0 radical (unpaired) electrons. The van der Waals surface area contributed by atoms with Gasteiger partial charge in [-0.05, 0) is 6.42 Å². The van der Waals surface area contributed by atoms with E-state index in [9.17, 15) is 4.79 Å². The van der Waals surface area contributed by atoms with E-state index >= 15 is 0 Å². The van der Waals surface area contributed by atoms with Crippen molar-refractivity contribution in [1.82, 2.24) is 19.7 Å². The van der Waals surface area contributed by atoms with Crippen molar-refractivity contribution in [3.05, 3.63) is 30.5 Å². The van der Waals surface area contributed by atoms with Crippen LogP contribution in [0.2, 0.25) is 0 Å². The van der Waals surface area contributed by atoms with Crippen LogP contribution in [0.15, 0.2) is 24.8 Å². The standard InChI is InChI=1S/C12H14N4O3/c1-3-4-16-8-9(5-14-16)19-11-7-13-6-10(15-11)12(17)18-2/h5-8H,3-4H2,1-2H3. The minimum atomic E-state index is -0.556. The van der Waals surface area contributed by atoms with Crippen molar-refractivity contribution in [2.75, 3.05) is 7.11 Å². The molecule has 100 valence electrons. The number of rotatable bonds is 5. The van der Waals surface area contributed by atoms with E-state index in [-0.39, 0.29) is 11.6 Å². The van der Waals surface area contributed by atoms with Crippen LogP contribution in [0.1, 0.15) is 23.8 Å². The molecule has 0 unspecified atom stereocenters. The Kier molecular flexibility index (Phi) is 4.07. The first kappa shape index (κ1) is 13.0. The second-order valence-corrected chi connectivity index (χ2v) is 3.78. The lowest BCUT2D eigenvalue weighted by atomic mass is 10.4. The summed E-state index contributed by atoms with van der Waals surface area (Å²) >= 11 is 0. The van der Waals surface area contributed by atoms with Gasteiger partial charge in [-0.15, -0.1) is 0 Å². The number of hydrogen-bond donors (Lipinski definition) is 0. The summed E-state index contributed by atoms with van der Waals surface area (Å²) in [5.74, 6) is 0.211. The second kappa shape index (κ2) is 5.94. The summed E-state index contributed by atoms with van der Waals surface area (Å²) in [6, 6.07) is 0. The fourth-order valence-electron chi connectivity index (χ4n) is 1.47. The van der Waals surface area contributed by atoms with E-state index in [1.54, 1.807) is 17.1 Å². The van der Waals surface area contributed by atoms with Crippen molar-refractivity contribution in [1.29, 1.82) is 0 Å². The highest BCUT2D eigenvalue weighted by atomic mass is 16.5. The average Bonchev–Trinajstić information content (AvgIpc) is 2.86. The molecule has 0 saturated heterocycles. The summed E-state index contributed by atoms with van der Waals surface area (Å²) in [6.45, 7) is 2.88. The third kappa shape index (κ3) is 3.27. The number of carbonyl (C=O) groups is 1. The molecular weight excluding hydrogens is 248 g/mol. The summed E-state index contributed by atoms with van der Waals surface area (Å²) < 4.78 is 11.8.